The fraction of sp³-hybridized carbons (Fsp3) is 0.381. The van der Waals surface area contributed by atoms with E-state index < -0.39 is 6.10 Å². The van der Waals surface area contributed by atoms with Crippen LogP contribution >= 0.6 is 0 Å². The Labute approximate surface area is 147 Å². The van der Waals surface area contributed by atoms with E-state index in [1.807, 2.05) is 12.1 Å². The lowest BCUT2D eigenvalue weighted by Crippen LogP contribution is -2.31. The standard InChI is InChI=1S/C21H23N3O/c25-20(15-5-3-10-22-13-15)14-24-17-7-2-1-6-16(17)21-18-8-4-11-23(18)12-9-19(21)24/h1-3,5-7,10,13,18,20,25H,4,8-9,11-12,14H2. The third kappa shape index (κ3) is 2.40. The first kappa shape index (κ1) is 15.1. The quantitative estimate of drug-likeness (QED) is 0.798. The minimum absolute atomic E-state index is 0.532. The number of nitrogens with zero attached hydrogens (tertiary/aromatic N) is 3. The van der Waals surface area contributed by atoms with Crippen molar-refractivity contribution < 1.29 is 5.11 Å². The molecule has 4 heterocycles. The van der Waals surface area contributed by atoms with Crippen LogP contribution in [-0.2, 0) is 13.0 Å². The van der Waals surface area contributed by atoms with Crippen molar-refractivity contribution in [3.8, 4) is 0 Å². The second-order valence-electron chi connectivity index (χ2n) is 7.23. The SMILES string of the molecule is OC(Cn1c2c(c3ccccc31)C1CCCN1CC2)c1cccnc1. The lowest BCUT2D eigenvalue weighted by atomic mass is 9.96. The van der Waals surface area contributed by atoms with Gasteiger partial charge < -0.3 is 9.67 Å². The normalized spacial score (nSPS) is 21.2. The van der Waals surface area contributed by atoms with Gasteiger partial charge in [0.15, 0.2) is 0 Å². The average Bonchev–Trinajstić information content (AvgIpc) is 3.25. The lowest BCUT2D eigenvalue weighted by molar-refractivity contribution is 0.155. The minimum Gasteiger partial charge on any atom is -0.386 e. The fourth-order valence-corrected chi connectivity index (χ4v) is 4.75. The molecule has 4 nitrogen and oxygen atoms in total. The van der Waals surface area contributed by atoms with Crippen molar-refractivity contribution in [1.82, 2.24) is 14.5 Å². The summed E-state index contributed by atoms with van der Waals surface area (Å²) in [5.74, 6) is 0. The molecule has 0 saturated carbocycles. The molecule has 5 rings (SSSR count). The van der Waals surface area contributed by atoms with Crippen LogP contribution < -0.4 is 0 Å². The summed E-state index contributed by atoms with van der Waals surface area (Å²) in [4.78, 5) is 6.79. The van der Waals surface area contributed by atoms with Gasteiger partial charge in [-0.25, -0.2) is 0 Å². The van der Waals surface area contributed by atoms with Gasteiger partial charge in [-0.15, -0.1) is 0 Å². The molecular formula is C21H23N3O. The van der Waals surface area contributed by atoms with Crippen LogP contribution in [0.5, 0.6) is 0 Å². The van der Waals surface area contributed by atoms with Crippen LogP contribution in [0.15, 0.2) is 48.8 Å². The predicted molar refractivity (Wildman–Crippen MR) is 98.4 cm³/mol. The number of benzene rings is 1. The maximum atomic E-state index is 10.8. The monoisotopic (exact) mass is 333 g/mol. The largest absolute Gasteiger partial charge is 0.386 e. The molecule has 25 heavy (non-hydrogen) atoms. The summed E-state index contributed by atoms with van der Waals surface area (Å²) >= 11 is 0. The van der Waals surface area contributed by atoms with Gasteiger partial charge in [-0.3, -0.25) is 9.88 Å². The smallest absolute Gasteiger partial charge is 0.0983 e. The molecule has 3 aromatic rings. The van der Waals surface area contributed by atoms with E-state index in [1.54, 1.807) is 12.4 Å². The Hall–Kier alpha value is -2.17. The first-order chi connectivity index (χ1) is 12.3. The summed E-state index contributed by atoms with van der Waals surface area (Å²) in [6.07, 6.45) is 6.60. The number of para-hydroxylation sites is 1. The molecule has 0 amide bonds. The number of rotatable bonds is 3. The topological polar surface area (TPSA) is 41.3 Å². The molecule has 0 aliphatic carbocycles. The molecular weight excluding hydrogens is 310 g/mol. The highest BCUT2D eigenvalue weighted by atomic mass is 16.3. The average molecular weight is 333 g/mol. The summed E-state index contributed by atoms with van der Waals surface area (Å²) in [6.45, 7) is 2.95. The predicted octanol–water partition coefficient (Wildman–Crippen LogP) is 3.46. The van der Waals surface area contributed by atoms with E-state index in [-0.39, 0.29) is 0 Å². The molecule has 2 aromatic heterocycles. The summed E-state index contributed by atoms with van der Waals surface area (Å²) in [7, 11) is 0. The number of fused-ring (bicyclic) bond motifs is 5. The van der Waals surface area contributed by atoms with Crippen LogP contribution in [0, 0.1) is 0 Å². The Morgan fingerprint density at radius 1 is 1.16 bits per heavy atom. The molecule has 1 fully saturated rings. The minimum atomic E-state index is -0.532. The van der Waals surface area contributed by atoms with Gasteiger partial charge in [0.1, 0.15) is 0 Å². The second kappa shape index (κ2) is 5.97. The van der Waals surface area contributed by atoms with E-state index in [4.69, 9.17) is 0 Å². The first-order valence-corrected chi connectivity index (χ1v) is 9.25. The van der Waals surface area contributed by atoms with E-state index in [0.29, 0.717) is 12.6 Å². The first-order valence-electron chi connectivity index (χ1n) is 9.25. The van der Waals surface area contributed by atoms with Crippen molar-refractivity contribution in [3.63, 3.8) is 0 Å². The van der Waals surface area contributed by atoms with Crippen molar-refractivity contribution >= 4 is 10.9 Å². The molecule has 2 aliphatic rings. The van der Waals surface area contributed by atoms with Gasteiger partial charge in [0.2, 0.25) is 0 Å². The van der Waals surface area contributed by atoms with Crippen LogP contribution in [0.25, 0.3) is 10.9 Å². The lowest BCUT2D eigenvalue weighted by Gasteiger charge is -2.31. The summed E-state index contributed by atoms with van der Waals surface area (Å²) < 4.78 is 2.36. The molecule has 2 unspecified atom stereocenters. The molecule has 0 bridgehead atoms. The Morgan fingerprint density at radius 2 is 2.08 bits per heavy atom. The molecule has 1 aromatic carbocycles. The second-order valence-corrected chi connectivity index (χ2v) is 7.23. The summed E-state index contributed by atoms with van der Waals surface area (Å²) in [5.41, 5.74) is 5.07. The zero-order valence-electron chi connectivity index (χ0n) is 14.3. The molecule has 1 saturated heterocycles. The Balaban J connectivity index is 1.61. The molecule has 1 N–H and O–H groups in total. The highest BCUT2D eigenvalue weighted by Gasteiger charge is 2.35. The zero-order valence-corrected chi connectivity index (χ0v) is 14.3. The van der Waals surface area contributed by atoms with Crippen molar-refractivity contribution in [2.45, 2.75) is 38.0 Å². The van der Waals surface area contributed by atoms with E-state index >= 15 is 0 Å². The van der Waals surface area contributed by atoms with Gasteiger partial charge in [-0.05, 0) is 37.1 Å². The van der Waals surface area contributed by atoms with Crippen LogP contribution in [0.1, 0.15) is 41.8 Å². The van der Waals surface area contributed by atoms with E-state index in [2.05, 4.69) is 38.7 Å². The summed E-state index contributed by atoms with van der Waals surface area (Å²) in [6, 6.07) is 13.1. The van der Waals surface area contributed by atoms with Crippen molar-refractivity contribution in [1.29, 1.82) is 0 Å². The van der Waals surface area contributed by atoms with E-state index in [1.165, 1.54) is 41.5 Å². The Morgan fingerprint density at radius 3 is 2.96 bits per heavy atom. The number of aliphatic hydroxyl groups is 1. The Kier molecular flexibility index (Phi) is 3.61. The molecule has 0 radical (unpaired) electrons. The van der Waals surface area contributed by atoms with Crippen molar-refractivity contribution in [3.05, 3.63) is 65.6 Å². The van der Waals surface area contributed by atoms with Crippen LogP contribution in [0.4, 0.5) is 0 Å². The number of aliphatic hydroxyl groups excluding tert-OH is 1. The van der Waals surface area contributed by atoms with E-state index in [0.717, 1.165) is 18.5 Å². The van der Waals surface area contributed by atoms with Gasteiger partial charge in [0.05, 0.1) is 12.6 Å². The molecule has 4 heteroatoms. The Bertz CT molecular complexity index is 902. The maximum Gasteiger partial charge on any atom is 0.0983 e. The van der Waals surface area contributed by atoms with Crippen LogP contribution in [-0.4, -0.2) is 32.6 Å². The van der Waals surface area contributed by atoms with Gasteiger partial charge in [0.25, 0.3) is 0 Å². The maximum absolute atomic E-state index is 10.8. The van der Waals surface area contributed by atoms with Crippen LogP contribution in [0.3, 0.4) is 0 Å². The van der Waals surface area contributed by atoms with Gasteiger partial charge in [-0.1, -0.05) is 24.3 Å². The molecule has 2 atom stereocenters. The molecule has 128 valence electrons. The molecule has 0 spiro atoms. The summed E-state index contributed by atoms with van der Waals surface area (Å²) in [5, 5.41) is 12.1. The van der Waals surface area contributed by atoms with E-state index in [9.17, 15) is 5.11 Å². The third-order valence-electron chi connectivity index (χ3n) is 5.88. The number of pyridine rings is 1. The zero-order chi connectivity index (χ0) is 16.8. The van der Waals surface area contributed by atoms with Crippen molar-refractivity contribution in [2.24, 2.45) is 0 Å². The number of hydrogen-bond donors (Lipinski definition) is 1. The highest BCUT2D eigenvalue weighted by Crippen LogP contribution is 2.43. The van der Waals surface area contributed by atoms with Gasteiger partial charge in [-0.2, -0.15) is 0 Å². The number of aromatic nitrogens is 2. The van der Waals surface area contributed by atoms with Crippen LogP contribution in [0.2, 0.25) is 0 Å². The number of hydrogen-bond acceptors (Lipinski definition) is 3. The van der Waals surface area contributed by atoms with Gasteiger partial charge >= 0.3 is 0 Å². The van der Waals surface area contributed by atoms with Crippen molar-refractivity contribution in [2.75, 3.05) is 13.1 Å². The highest BCUT2D eigenvalue weighted by molar-refractivity contribution is 5.86. The molecule has 2 aliphatic heterocycles. The van der Waals surface area contributed by atoms with Gasteiger partial charge in [0, 0.05) is 53.6 Å². The third-order valence-corrected chi connectivity index (χ3v) is 5.88. The fourth-order valence-electron chi connectivity index (χ4n) is 4.75.